The summed E-state index contributed by atoms with van der Waals surface area (Å²) < 4.78 is 37.5. The Bertz CT molecular complexity index is 434. The first-order valence-electron chi connectivity index (χ1n) is 4.01. The van der Waals surface area contributed by atoms with Crippen LogP contribution in [0.15, 0.2) is 16.6 Å². The van der Waals surface area contributed by atoms with Crippen molar-refractivity contribution in [2.45, 2.75) is 12.7 Å². The summed E-state index contributed by atoms with van der Waals surface area (Å²) in [5.41, 5.74) is 3.21. The van der Waals surface area contributed by atoms with E-state index in [1.54, 1.807) is 0 Å². The number of nitro benzene ring substituents is 1. The van der Waals surface area contributed by atoms with Crippen molar-refractivity contribution in [1.82, 2.24) is 0 Å². The minimum Gasteiger partial charge on any atom is -0.326 e. The van der Waals surface area contributed by atoms with Gasteiger partial charge in [-0.15, -0.1) is 0 Å². The second-order valence-electron chi connectivity index (χ2n) is 2.92. The molecule has 0 amide bonds. The average molecular weight is 299 g/mol. The van der Waals surface area contributed by atoms with E-state index in [0.29, 0.717) is 6.07 Å². The van der Waals surface area contributed by atoms with Crippen molar-refractivity contribution in [3.63, 3.8) is 0 Å². The van der Waals surface area contributed by atoms with E-state index < -0.39 is 22.4 Å². The number of rotatable bonds is 2. The molecule has 0 aliphatic rings. The quantitative estimate of drug-likeness (QED) is 0.674. The maximum absolute atomic E-state index is 12.5. The maximum Gasteiger partial charge on any atom is 0.423 e. The van der Waals surface area contributed by atoms with Crippen LogP contribution in [0.25, 0.3) is 0 Å². The highest BCUT2D eigenvalue weighted by atomic mass is 79.9. The summed E-state index contributed by atoms with van der Waals surface area (Å²) >= 11 is 2.88. The Hall–Kier alpha value is -1.15. The van der Waals surface area contributed by atoms with Gasteiger partial charge >= 0.3 is 6.18 Å². The molecule has 0 bridgehead atoms. The molecule has 16 heavy (non-hydrogen) atoms. The second-order valence-corrected chi connectivity index (χ2v) is 3.77. The van der Waals surface area contributed by atoms with Gasteiger partial charge in [0.1, 0.15) is 5.56 Å². The van der Waals surface area contributed by atoms with Crippen molar-refractivity contribution in [2.24, 2.45) is 5.73 Å². The molecule has 0 saturated heterocycles. The summed E-state index contributed by atoms with van der Waals surface area (Å²) in [6, 6.07) is 1.49. The minimum atomic E-state index is -4.77. The van der Waals surface area contributed by atoms with Crippen molar-refractivity contribution in [1.29, 1.82) is 0 Å². The van der Waals surface area contributed by atoms with Crippen molar-refractivity contribution in [3.05, 3.63) is 37.8 Å². The summed E-state index contributed by atoms with van der Waals surface area (Å²) in [6.07, 6.45) is -4.77. The van der Waals surface area contributed by atoms with Crippen molar-refractivity contribution in [2.75, 3.05) is 0 Å². The van der Waals surface area contributed by atoms with Gasteiger partial charge in [-0.05, 0) is 11.6 Å². The normalized spacial score (nSPS) is 11.6. The molecule has 8 heteroatoms. The number of benzene rings is 1. The van der Waals surface area contributed by atoms with Gasteiger partial charge in [-0.3, -0.25) is 10.1 Å². The van der Waals surface area contributed by atoms with Crippen molar-refractivity contribution in [3.8, 4) is 0 Å². The second kappa shape index (κ2) is 4.38. The number of nitrogens with two attached hydrogens (primary N) is 1. The Kier molecular flexibility index (Phi) is 3.54. The standard InChI is InChI=1S/C8H6BrF3N2O2/c9-6-2-5(8(10,11)12)7(14(15)16)1-4(6)3-13/h1-2H,3,13H2. The van der Waals surface area contributed by atoms with Crippen LogP contribution in [-0.4, -0.2) is 4.92 Å². The van der Waals surface area contributed by atoms with Gasteiger partial charge in [0.05, 0.1) is 4.92 Å². The van der Waals surface area contributed by atoms with E-state index in [1.807, 2.05) is 0 Å². The van der Waals surface area contributed by atoms with E-state index in [-0.39, 0.29) is 16.6 Å². The molecule has 1 rings (SSSR count). The topological polar surface area (TPSA) is 69.2 Å². The molecule has 4 nitrogen and oxygen atoms in total. The number of hydrogen-bond donors (Lipinski definition) is 1. The molecular weight excluding hydrogens is 293 g/mol. The van der Waals surface area contributed by atoms with Crippen LogP contribution in [0.4, 0.5) is 18.9 Å². The summed E-state index contributed by atoms with van der Waals surface area (Å²) in [5, 5.41) is 10.5. The van der Waals surface area contributed by atoms with Crippen LogP contribution in [-0.2, 0) is 12.7 Å². The maximum atomic E-state index is 12.5. The molecule has 0 saturated carbocycles. The lowest BCUT2D eigenvalue weighted by Gasteiger charge is -2.10. The van der Waals surface area contributed by atoms with E-state index in [2.05, 4.69) is 15.9 Å². The van der Waals surface area contributed by atoms with E-state index in [4.69, 9.17) is 5.73 Å². The number of hydrogen-bond acceptors (Lipinski definition) is 3. The predicted molar refractivity (Wildman–Crippen MR) is 53.7 cm³/mol. The van der Waals surface area contributed by atoms with Crippen molar-refractivity contribution < 1.29 is 18.1 Å². The van der Waals surface area contributed by atoms with Gasteiger partial charge in [0, 0.05) is 17.1 Å². The van der Waals surface area contributed by atoms with Crippen molar-refractivity contribution >= 4 is 21.6 Å². The molecule has 0 heterocycles. The first kappa shape index (κ1) is 12.9. The van der Waals surface area contributed by atoms with E-state index in [0.717, 1.165) is 6.07 Å². The molecule has 0 aromatic heterocycles. The third-order valence-electron chi connectivity index (χ3n) is 1.89. The van der Waals surface area contributed by atoms with Crippen LogP contribution < -0.4 is 5.73 Å². The molecule has 0 spiro atoms. The summed E-state index contributed by atoms with van der Waals surface area (Å²) in [4.78, 5) is 9.42. The molecule has 0 atom stereocenters. The monoisotopic (exact) mass is 298 g/mol. The van der Waals surface area contributed by atoms with Gasteiger partial charge in [0.25, 0.3) is 5.69 Å². The summed E-state index contributed by atoms with van der Waals surface area (Å²) in [5.74, 6) is 0. The van der Waals surface area contributed by atoms with Crippen LogP contribution in [0.3, 0.4) is 0 Å². The smallest absolute Gasteiger partial charge is 0.326 e. The van der Waals surface area contributed by atoms with E-state index in [1.165, 1.54) is 0 Å². The Morgan fingerprint density at radius 1 is 1.44 bits per heavy atom. The minimum absolute atomic E-state index is 0.0838. The zero-order valence-electron chi connectivity index (χ0n) is 7.71. The zero-order valence-corrected chi connectivity index (χ0v) is 9.30. The third kappa shape index (κ3) is 2.50. The lowest BCUT2D eigenvalue weighted by molar-refractivity contribution is -0.388. The van der Waals surface area contributed by atoms with Gasteiger partial charge in [0.2, 0.25) is 0 Å². The van der Waals surface area contributed by atoms with E-state index >= 15 is 0 Å². The number of nitro groups is 1. The SMILES string of the molecule is NCc1cc([N+](=O)[O-])c(C(F)(F)F)cc1Br. The van der Waals surface area contributed by atoms with E-state index in [9.17, 15) is 23.3 Å². The highest BCUT2D eigenvalue weighted by molar-refractivity contribution is 9.10. The number of nitrogens with zero attached hydrogens (tertiary/aromatic N) is 1. The van der Waals surface area contributed by atoms with Gasteiger partial charge in [-0.1, -0.05) is 15.9 Å². The summed E-state index contributed by atoms with van der Waals surface area (Å²) in [7, 11) is 0. The van der Waals surface area contributed by atoms with Gasteiger partial charge in [-0.2, -0.15) is 13.2 Å². The van der Waals surface area contributed by atoms with Gasteiger partial charge < -0.3 is 5.73 Å². The van der Waals surface area contributed by atoms with Crippen LogP contribution >= 0.6 is 15.9 Å². The van der Waals surface area contributed by atoms with Gasteiger partial charge in [-0.25, -0.2) is 0 Å². The Labute approximate surface area is 96.5 Å². The Morgan fingerprint density at radius 3 is 2.38 bits per heavy atom. The highest BCUT2D eigenvalue weighted by Crippen LogP contribution is 2.38. The largest absolute Gasteiger partial charge is 0.423 e. The van der Waals surface area contributed by atoms with Crippen LogP contribution in [0.1, 0.15) is 11.1 Å². The average Bonchev–Trinajstić information content (AvgIpc) is 2.15. The third-order valence-corrected chi connectivity index (χ3v) is 2.62. The Balaban J connectivity index is 3.49. The lowest BCUT2D eigenvalue weighted by atomic mass is 10.1. The molecule has 0 radical (unpaired) electrons. The molecule has 0 aliphatic carbocycles. The molecule has 1 aromatic carbocycles. The molecule has 0 unspecified atom stereocenters. The highest BCUT2D eigenvalue weighted by Gasteiger charge is 2.38. The molecule has 1 aromatic rings. The number of alkyl halides is 3. The molecule has 88 valence electrons. The summed E-state index contributed by atoms with van der Waals surface area (Å²) in [6.45, 7) is -0.0838. The molecule has 2 N–H and O–H groups in total. The van der Waals surface area contributed by atoms with Crippen LogP contribution in [0.2, 0.25) is 0 Å². The number of halogens is 4. The van der Waals surface area contributed by atoms with Gasteiger partial charge in [0.15, 0.2) is 0 Å². The molecular formula is C8H6BrF3N2O2. The predicted octanol–water partition coefficient (Wildman–Crippen LogP) is 2.83. The fourth-order valence-electron chi connectivity index (χ4n) is 1.14. The fourth-order valence-corrected chi connectivity index (χ4v) is 1.64. The first-order valence-corrected chi connectivity index (χ1v) is 4.80. The molecule has 0 fully saturated rings. The Morgan fingerprint density at radius 2 is 2.00 bits per heavy atom. The van der Waals surface area contributed by atoms with Crippen LogP contribution in [0, 0.1) is 10.1 Å². The lowest BCUT2D eigenvalue weighted by Crippen LogP contribution is -2.10. The fraction of sp³-hybridized carbons (Fsp3) is 0.250. The zero-order chi connectivity index (χ0) is 12.5. The molecule has 0 aliphatic heterocycles. The first-order chi connectivity index (χ1) is 7.27. The van der Waals surface area contributed by atoms with Crippen LogP contribution in [0.5, 0.6) is 0 Å².